The summed E-state index contributed by atoms with van der Waals surface area (Å²) in [5, 5.41) is 0. The molecule has 108 valence electrons. The lowest BCUT2D eigenvalue weighted by Gasteiger charge is -2.25. The largest absolute Gasteiger partial charge is 0.368 e. The van der Waals surface area contributed by atoms with Crippen molar-refractivity contribution in [2.45, 2.75) is 40.5 Å². The second-order valence-corrected chi connectivity index (χ2v) is 5.75. The van der Waals surface area contributed by atoms with Gasteiger partial charge in [-0.15, -0.1) is 0 Å². The Morgan fingerprint density at radius 3 is 2.16 bits per heavy atom. The van der Waals surface area contributed by atoms with Gasteiger partial charge in [0.15, 0.2) is 11.6 Å². The van der Waals surface area contributed by atoms with Crippen molar-refractivity contribution in [3.8, 4) is 0 Å². The van der Waals surface area contributed by atoms with Crippen LogP contribution in [0, 0.1) is 17.7 Å². The molecule has 0 aliphatic heterocycles. The van der Waals surface area contributed by atoms with Crippen LogP contribution < -0.4 is 10.6 Å². The van der Waals surface area contributed by atoms with E-state index in [1.54, 1.807) is 0 Å². The maximum atomic E-state index is 13.8. The zero-order valence-electron chi connectivity index (χ0n) is 12.4. The first-order chi connectivity index (χ1) is 8.90. The smallest absolute Gasteiger partial charge is 0.222 e. The predicted molar refractivity (Wildman–Crippen MR) is 77.5 cm³/mol. The molecule has 0 saturated carbocycles. The molecule has 1 aromatic rings. The molecule has 2 N–H and O–H groups in total. The summed E-state index contributed by atoms with van der Waals surface area (Å²) in [5.41, 5.74) is 5.56. The Morgan fingerprint density at radius 2 is 1.68 bits per heavy atom. The van der Waals surface area contributed by atoms with Gasteiger partial charge in [0.1, 0.15) is 0 Å². The molecule has 0 radical (unpaired) electrons. The van der Waals surface area contributed by atoms with Crippen LogP contribution in [0.3, 0.4) is 0 Å². The standard InChI is InChI=1S/C14H25FN4/c1-10(2)5-7-19(8-6-11(3)4)13-12(15)9-17-14(16)18-13/h9-11H,5-8H2,1-4H3,(H2,16,17,18). The van der Waals surface area contributed by atoms with E-state index in [1.165, 1.54) is 0 Å². The molecule has 1 rings (SSSR count). The van der Waals surface area contributed by atoms with Crippen LogP contribution in [0.25, 0.3) is 0 Å². The van der Waals surface area contributed by atoms with Crippen LogP contribution in [0.1, 0.15) is 40.5 Å². The molecular weight excluding hydrogens is 243 g/mol. The Balaban J connectivity index is 2.83. The van der Waals surface area contributed by atoms with Gasteiger partial charge in [0.2, 0.25) is 5.95 Å². The second kappa shape index (κ2) is 7.26. The minimum Gasteiger partial charge on any atom is -0.368 e. The first kappa shape index (κ1) is 15.7. The van der Waals surface area contributed by atoms with Gasteiger partial charge in [0.05, 0.1) is 6.20 Å². The van der Waals surface area contributed by atoms with Gasteiger partial charge in [-0.25, -0.2) is 9.37 Å². The highest BCUT2D eigenvalue weighted by molar-refractivity contribution is 5.42. The van der Waals surface area contributed by atoms with Crippen molar-refractivity contribution < 1.29 is 4.39 Å². The Bertz CT molecular complexity index is 381. The molecule has 1 aromatic heterocycles. The van der Waals surface area contributed by atoms with Crippen molar-refractivity contribution in [3.05, 3.63) is 12.0 Å². The minimum atomic E-state index is -0.401. The highest BCUT2D eigenvalue weighted by atomic mass is 19.1. The maximum absolute atomic E-state index is 13.8. The topological polar surface area (TPSA) is 55.0 Å². The Labute approximate surface area is 115 Å². The zero-order valence-corrected chi connectivity index (χ0v) is 12.4. The van der Waals surface area contributed by atoms with E-state index in [0.717, 1.165) is 32.1 Å². The Hall–Kier alpha value is -1.39. The molecule has 0 fully saturated rings. The fraction of sp³-hybridized carbons (Fsp3) is 0.714. The molecule has 0 spiro atoms. The van der Waals surface area contributed by atoms with Crippen molar-refractivity contribution in [1.82, 2.24) is 9.97 Å². The SMILES string of the molecule is CC(C)CCN(CCC(C)C)c1nc(N)ncc1F. The fourth-order valence-electron chi connectivity index (χ4n) is 1.74. The van der Waals surface area contributed by atoms with Crippen LogP contribution in [0.2, 0.25) is 0 Å². The van der Waals surface area contributed by atoms with Gasteiger partial charge in [-0.05, 0) is 24.7 Å². The number of nitrogen functional groups attached to an aromatic ring is 1. The van der Waals surface area contributed by atoms with Crippen LogP contribution in [0.5, 0.6) is 0 Å². The number of aromatic nitrogens is 2. The van der Waals surface area contributed by atoms with E-state index in [-0.39, 0.29) is 5.95 Å². The van der Waals surface area contributed by atoms with Crippen LogP contribution in [-0.4, -0.2) is 23.1 Å². The third kappa shape index (κ3) is 5.41. The van der Waals surface area contributed by atoms with E-state index >= 15 is 0 Å². The lowest BCUT2D eigenvalue weighted by atomic mass is 10.1. The van der Waals surface area contributed by atoms with Gasteiger partial charge < -0.3 is 10.6 Å². The average Bonchev–Trinajstić information content (AvgIpc) is 2.32. The third-order valence-electron chi connectivity index (χ3n) is 3.00. The molecule has 4 nitrogen and oxygen atoms in total. The van der Waals surface area contributed by atoms with Gasteiger partial charge >= 0.3 is 0 Å². The maximum Gasteiger partial charge on any atom is 0.222 e. The van der Waals surface area contributed by atoms with E-state index in [1.807, 2.05) is 4.90 Å². The van der Waals surface area contributed by atoms with Crippen molar-refractivity contribution in [2.75, 3.05) is 23.7 Å². The molecule has 5 heteroatoms. The molecule has 1 heterocycles. The molecule has 0 saturated heterocycles. The molecule has 19 heavy (non-hydrogen) atoms. The number of nitrogens with zero attached hydrogens (tertiary/aromatic N) is 3. The first-order valence-electron chi connectivity index (χ1n) is 6.93. The lowest BCUT2D eigenvalue weighted by Crippen LogP contribution is -2.29. The van der Waals surface area contributed by atoms with Crippen molar-refractivity contribution >= 4 is 11.8 Å². The summed E-state index contributed by atoms with van der Waals surface area (Å²) in [5.74, 6) is 1.19. The molecule has 0 unspecified atom stereocenters. The summed E-state index contributed by atoms with van der Waals surface area (Å²) in [4.78, 5) is 9.70. The van der Waals surface area contributed by atoms with E-state index in [2.05, 4.69) is 37.7 Å². The summed E-state index contributed by atoms with van der Waals surface area (Å²) in [6.07, 6.45) is 3.15. The van der Waals surface area contributed by atoms with E-state index in [0.29, 0.717) is 17.7 Å². The third-order valence-corrected chi connectivity index (χ3v) is 3.00. The Kier molecular flexibility index (Phi) is 5.99. The molecule has 0 amide bonds. The summed E-state index contributed by atoms with van der Waals surface area (Å²) in [6, 6.07) is 0. The van der Waals surface area contributed by atoms with E-state index < -0.39 is 5.82 Å². The first-order valence-corrected chi connectivity index (χ1v) is 6.93. The van der Waals surface area contributed by atoms with Gasteiger partial charge in [0, 0.05) is 13.1 Å². The molecule has 0 aromatic carbocycles. The number of hydrogen-bond acceptors (Lipinski definition) is 4. The molecule has 0 bridgehead atoms. The molecular formula is C14H25FN4. The van der Waals surface area contributed by atoms with E-state index in [9.17, 15) is 4.39 Å². The van der Waals surface area contributed by atoms with Crippen molar-refractivity contribution in [1.29, 1.82) is 0 Å². The van der Waals surface area contributed by atoms with Gasteiger partial charge in [-0.3, -0.25) is 0 Å². The highest BCUT2D eigenvalue weighted by Gasteiger charge is 2.15. The van der Waals surface area contributed by atoms with Crippen molar-refractivity contribution in [3.63, 3.8) is 0 Å². The molecule has 0 aliphatic carbocycles. The van der Waals surface area contributed by atoms with Crippen LogP contribution >= 0.6 is 0 Å². The monoisotopic (exact) mass is 268 g/mol. The predicted octanol–water partition coefficient (Wildman–Crippen LogP) is 3.10. The fourth-order valence-corrected chi connectivity index (χ4v) is 1.74. The van der Waals surface area contributed by atoms with Crippen LogP contribution in [-0.2, 0) is 0 Å². The van der Waals surface area contributed by atoms with Gasteiger partial charge in [-0.2, -0.15) is 4.98 Å². The number of hydrogen-bond donors (Lipinski definition) is 1. The average molecular weight is 268 g/mol. The van der Waals surface area contributed by atoms with Crippen LogP contribution in [0.4, 0.5) is 16.2 Å². The summed E-state index contributed by atoms with van der Waals surface area (Å²) in [7, 11) is 0. The lowest BCUT2D eigenvalue weighted by molar-refractivity contribution is 0.521. The minimum absolute atomic E-state index is 0.121. The van der Waals surface area contributed by atoms with Crippen LogP contribution in [0.15, 0.2) is 6.20 Å². The second-order valence-electron chi connectivity index (χ2n) is 5.75. The van der Waals surface area contributed by atoms with E-state index in [4.69, 9.17) is 5.73 Å². The van der Waals surface area contributed by atoms with Gasteiger partial charge in [-0.1, -0.05) is 27.7 Å². The quantitative estimate of drug-likeness (QED) is 0.825. The van der Waals surface area contributed by atoms with Crippen molar-refractivity contribution in [2.24, 2.45) is 11.8 Å². The highest BCUT2D eigenvalue weighted by Crippen LogP contribution is 2.19. The summed E-state index contributed by atoms with van der Waals surface area (Å²) in [6.45, 7) is 10.2. The normalized spacial score (nSPS) is 11.3. The summed E-state index contributed by atoms with van der Waals surface area (Å²) >= 11 is 0. The number of halogens is 1. The number of nitrogens with two attached hydrogens (primary N) is 1. The number of anilines is 2. The summed E-state index contributed by atoms with van der Waals surface area (Å²) < 4.78 is 13.8. The number of rotatable bonds is 7. The molecule has 0 atom stereocenters. The molecule has 0 aliphatic rings. The Morgan fingerprint density at radius 1 is 1.16 bits per heavy atom. The van der Waals surface area contributed by atoms with Gasteiger partial charge in [0.25, 0.3) is 0 Å². The zero-order chi connectivity index (χ0) is 14.4.